The summed E-state index contributed by atoms with van der Waals surface area (Å²) in [5, 5.41) is 2.49. The van der Waals surface area contributed by atoms with Gasteiger partial charge in [-0.2, -0.15) is 0 Å². The summed E-state index contributed by atoms with van der Waals surface area (Å²) in [5.41, 5.74) is 0.731. The number of aryl methyl sites for hydroxylation is 1. The van der Waals surface area contributed by atoms with E-state index in [2.05, 4.69) is 5.32 Å². The number of hydrogen-bond donors (Lipinski definition) is 1. The van der Waals surface area contributed by atoms with Crippen molar-refractivity contribution in [2.75, 3.05) is 26.0 Å². The molecule has 1 aliphatic carbocycles. The summed E-state index contributed by atoms with van der Waals surface area (Å²) in [5.74, 6) is -3.30. The topological polar surface area (TPSA) is 130 Å². The molecule has 3 rings (SSSR count). The molecule has 33 heavy (non-hydrogen) atoms. The number of ether oxygens (including phenoxy) is 1. The van der Waals surface area contributed by atoms with E-state index < -0.39 is 58.2 Å². The number of carbonyl (C=O) groups excluding carboxylic acids is 4. The van der Waals surface area contributed by atoms with Crippen LogP contribution in [0.1, 0.15) is 25.3 Å². The number of nitrogens with one attached hydrogen (secondary N) is 1. The van der Waals surface area contributed by atoms with E-state index >= 15 is 0 Å². The number of carbonyl (C=O) groups is 4. The van der Waals surface area contributed by atoms with Crippen LogP contribution < -0.4 is 5.32 Å². The van der Waals surface area contributed by atoms with E-state index in [0.29, 0.717) is 18.4 Å². The molecule has 1 saturated heterocycles. The Hall–Kier alpha value is -3.05. The average Bonchev–Trinajstić information content (AvgIpc) is 3.03. The van der Waals surface area contributed by atoms with Crippen LogP contribution >= 0.6 is 0 Å². The van der Waals surface area contributed by atoms with E-state index in [0.717, 1.165) is 9.21 Å². The molecule has 1 heterocycles. The SMILES string of the molecule is Cc1ccc(NC(=O)COC(=O)[C@@H](C)N2C(=O)C3CC=CCC3C2=O)cc1S(=O)(=O)N(C)C. The quantitative estimate of drug-likeness (QED) is 0.353. The molecule has 1 aromatic rings. The van der Waals surface area contributed by atoms with Gasteiger partial charge < -0.3 is 10.1 Å². The molecule has 0 spiro atoms. The van der Waals surface area contributed by atoms with Crippen molar-refractivity contribution >= 4 is 39.4 Å². The van der Waals surface area contributed by atoms with Gasteiger partial charge in [0.05, 0.1) is 16.7 Å². The molecule has 2 unspecified atom stereocenters. The summed E-state index contributed by atoms with van der Waals surface area (Å²) in [6.07, 6.45) is 4.61. The second kappa shape index (κ2) is 9.44. The molecule has 1 N–H and O–H groups in total. The summed E-state index contributed by atoms with van der Waals surface area (Å²) >= 11 is 0. The van der Waals surface area contributed by atoms with Gasteiger partial charge in [-0.3, -0.25) is 19.3 Å². The third-order valence-electron chi connectivity index (χ3n) is 5.85. The molecule has 178 valence electrons. The number of benzene rings is 1. The Bertz CT molecular complexity index is 1100. The van der Waals surface area contributed by atoms with Crippen LogP contribution in [0.2, 0.25) is 0 Å². The summed E-state index contributed by atoms with van der Waals surface area (Å²) in [4.78, 5) is 50.9. The fourth-order valence-corrected chi connectivity index (χ4v) is 5.06. The van der Waals surface area contributed by atoms with Crippen LogP contribution in [-0.4, -0.2) is 68.1 Å². The first-order chi connectivity index (χ1) is 15.4. The number of nitrogens with zero attached hydrogens (tertiary/aromatic N) is 2. The minimum atomic E-state index is -3.71. The first-order valence-corrected chi connectivity index (χ1v) is 11.9. The lowest BCUT2D eigenvalue weighted by molar-refractivity contribution is -0.159. The molecule has 0 radical (unpaired) electrons. The van der Waals surface area contributed by atoms with E-state index in [1.54, 1.807) is 13.0 Å². The first-order valence-electron chi connectivity index (χ1n) is 10.5. The fourth-order valence-electron chi connectivity index (χ4n) is 3.92. The molecule has 1 aromatic carbocycles. The maximum absolute atomic E-state index is 12.6. The Labute approximate surface area is 192 Å². The summed E-state index contributed by atoms with van der Waals surface area (Å²) in [6.45, 7) is 2.37. The smallest absolute Gasteiger partial charge is 0.329 e. The van der Waals surface area contributed by atoms with Crippen molar-refractivity contribution in [2.24, 2.45) is 11.8 Å². The predicted octanol–water partition coefficient (Wildman–Crippen LogP) is 1.07. The van der Waals surface area contributed by atoms with Crippen molar-refractivity contribution in [2.45, 2.75) is 37.6 Å². The van der Waals surface area contributed by atoms with E-state index in [-0.39, 0.29) is 10.6 Å². The Morgan fingerprint density at radius 1 is 1.15 bits per heavy atom. The second-order valence-corrected chi connectivity index (χ2v) is 10.4. The molecule has 3 atom stereocenters. The Kier molecular flexibility index (Phi) is 7.03. The van der Waals surface area contributed by atoms with Crippen molar-refractivity contribution in [3.8, 4) is 0 Å². The van der Waals surface area contributed by atoms with E-state index in [9.17, 15) is 27.6 Å². The van der Waals surface area contributed by atoms with Gasteiger partial charge in [0.2, 0.25) is 21.8 Å². The third kappa shape index (κ3) is 4.83. The highest BCUT2D eigenvalue weighted by atomic mass is 32.2. The normalized spacial score (nSPS) is 21.2. The number of fused-ring (bicyclic) bond motifs is 1. The third-order valence-corrected chi connectivity index (χ3v) is 7.80. The zero-order chi connectivity index (χ0) is 24.5. The first kappa shape index (κ1) is 24.6. The summed E-state index contributed by atoms with van der Waals surface area (Å²) in [6, 6.07) is 3.26. The molecule has 11 heteroatoms. The molecule has 1 aliphatic heterocycles. The molecule has 10 nitrogen and oxygen atoms in total. The van der Waals surface area contributed by atoms with Gasteiger partial charge in [0.25, 0.3) is 5.91 Å². The maximum atomic E-state index is 12.6. The summed E-state index contributed by atoms with van der Waals surface area (Å²) < 4.78 is 31.0. The largest absolute Gasteiger partial charge is 0.454 e. The molecule has 0 saturated carbocycles. The van der Waals surface area contributed by atoms with E-state index in [1.165, 1.54) is 33.2 Å². The van der Waals surface area contributed by atoms with Crippen molar-refractivity contribution in [1.82, 2.24) is 9.21 Å². The number of allylic oxidation sites excluding steroid dienone is 2. The zero-order valence-electron chi connectivity index (χ0n) is 18.9. The van der Waals surface area contributed by atoms with Crippen LogP contribution in [0, 0.1) is 18.8 Å². The standard InChI is InChI=1S/C22H27N3O7S/c1-13-9-10-15(11-18(13)33(30,31)24(3)4)23-19(26)12-32-22(29)14(2)25-20(27)16-7-5-6-8-17(16)21(25)28/h5-6,9-11,14,16-17H,7-8,12H2,1-4H3,(H,23,26)/t14-,16?,17?/m1/s1. The minimum Gasteiger partial charge on any atom is -0.454 e. The number of likely N-dealkylation sites (tertiary alicyclic amines) is 1. The second-order valence-electron chi connectivity index (χ2n) is 8.30. The van der Waals surface area contributed by atoms with Crippen molar-refractivity contribution in [3.63, 3.8) is 0 Å². The lowest BCUT2D eigenvalue weighted by Crippen LogP contribution is -2.45. The van der Waals surface area contributed by atoms with Crippen LogP contribution in [0.4, 0.5) is 5.69 Å². The zero-order valence-corrected chi connectivity index (χ0v) is 19.7. The van der Waals surface area contributed by atoms with Gasteiger partial charge in [-0.1, -0.05) is 18.2 Å². The van der Waals surface area contributed by atoms with Crippen LogP contribution in [-0.2, 0) is 33.9 Å². The number of imide groups is 1. The molecular formula is C22H27N3O7S. The highest BCUT2D eigenvalue weighted by Gasteiger charge is 2.50. The van der Waals surface area contributed by atoms with Gasteiger partial charge in [-0.25, -0.2) is 17.5 Å². The number of rotatable bonds is 7. The van der Waals surface area contributed by atoms with Gasteiger partial charge in [-0.15, -0.1) is 0 Å². The fraction of sp³-hybridized carbons (Fsp3) is 0.455. The molecule has 3 amide bonds. The molecular weight excluding hydrogens is 450 g/mol. The molecule has 2 aliphatic rings. The van der Waals surface area contributed by atoms with Gasteiger partial charge >= 0.3 is 5.97 Å². The van der Waals surface area contributed by atoms with E-state index in [4.69, 9.17) is 4.74 Å². The van der Waals surface area contributed by atoms with Crippen molar-refractivity contribution in [1.29, 1.82) is 0 Å². The molecule has 0 aromatic heterocycles. The lowest BCUT2D eigenvalue weighted by atomic mass is 9.85. The van der Waals surface area contributed by atoms with Crippen LogP contribution in [0.5, 0.6) is 0 Å². The predicted molar refractivity (Wildman–Crippen MR) is 118 cm³/mol. The van der Waals surface area contributed by atoms with Gasteiger partial charge in [0.15, 0.2) is 6.61 Å². The van der Waals surface area contributed by atoms with Crippen LogP contribution in [0.15, 0.2) is 35.2 Å². The Balaban J connectivity index is 1.61. The number of anilines is 1. The van der Waals surface area contributed by atoms with E-state index in [1.807, 2.05) is 12.2 Å². The van der Waals surface area contributed by atoms with Gasteiger partial charge in [0.1, 0.15) is 6.04 Å². The monoisotopic (exact) mass is 477 g/mol. The van der Waals surface area contributed by atoms with Crippen LogP contribution in [0.25, 0.3) is 0 Å². The number of esters is 1. The maximum Gasteiger partial charge on any atom is 0.329 e. The van der Waals surface area contributed by atoms with Gasteiger partial charge in [-0.05, 0) is 44.4 Å². The number of hydrogen-bond acceptors (Lipinski definition) is 7. The van der Waals surface area contributed by atoms with Crippen LogP contribution in [0.3, 0.4) is 0 Å². The number of amides is 3. The molecule has 0 bridgehead atoms. The highest BCUT2D eigenvalue weighted by Crippen LogP contribution is 2.36. The Morgan fingerprint density at radius 3 is 2.27 bits per heavy atom. The highest BCUT2D eigenvalue weighted by molar-refractivity contribution is 7.89. The number of sulfonamides is 1. The van der Waals surface area contributed by atoms with Crippen molar-refractivity contribution < 1.29 is 32.3 Å². The van der Waals surface area contributed by atoms with Gasteiger partial charge in [0, 0.05) is 19.8 Å². The summed E-state index contributed by atoms with van der Waals surface area (Å²) in [7, 11) is -0.900. The van der Waals surface area contributed by atoms with Crippen molar-refractivity contribution in [3.05, 3.63) is 35.9 Å². The minimum absolute atomic E-state index is 0.0398. The molecule has 1 fully saturated rings. The Morgan fingerprint density at radius 2 is 1.73 bits per heavy atom. The average molecular weight is 478 g/mol. The lowest BCUT2D eigenvalue weighted by Gasteiger charge is -2.21.